The van der Waals surface area contributed by atoms with E-state index in [-0.39, 0.29) is 0 Å². The second kappa shape index (κ2) is 9.35. The number of hydrogen-bond donors (Lipinski definition) is 0. The predicted molar refractivity (Wildman–Crippen MR) is 119 cm³/mol. The summed E-state index contributed by atoms with van der Waals surface area (Å²) in [6, 6.07) is 16.2. The van der Waals surface area contributed by atoms with E-state index in [2.05, 4.69) is 29.9 Å². The molecule has 32 heavy (non-hydrogen) atoms. The summed E-state index contributed by atoms with van der Waals surface area (Å²) in [5.41, 5.74) is 7.61. The van der Waals surface area contributed by atoms with Crippen molar-refractivity contribution < 1.29 is 22.3 Å². The number of aryl methyl sites for hydroxylation is 3. The molecule has 0 aliphatic heterocycles. The molecule has 168 valence electrons. The molecule has 0 N–H and O–H groups in total. The molecular formula is C27H26F4O. The quantitative estimate of drug-likeness (QED) is 0.264. The molecule has 0 aromatic heterocycles. The Morgan fingerprint density at radius 3 is 2.12 bits per heavy atom. The Bertz CT molecular complexity index is 1100. The van der Waals surface area contributed by atoms with Crippen LogP contribution in [-0.4, -0.2) is 6.36 Å². The van der Waals surface area contributed by atoms with Crippen molar-refractivity contribution in [3.8, 4) is 28.0 Å². The molecule has 0 unspecified atom stereocenters. The van der Waals surface area contributed by atoms with E-state index < -0.39 is 17.9 Å². The average molecular weight is 442 g/mol. The SMILES string of the molecule is CCCCCCc1ccc2c(c1)CCc1cc(-c3ccc(OC(F)(F)F)c(F)c3)ccc1-2. The highest BCUT2D eigenvalue weighted by Gasteiger charge is 2.32. The Morgan fingerprint density at radius 2 is 1.44 bits per heavy atom. The molecule has 4 rings (SSSR count). The molecule has 0 spiro atoms. The van der Waals surface area contributed by atoms with Crippen LogP contribution in [0.3, 0.4) is 0 Å². The highest BCUT2D eigenvalue weighted by molar-refractivity contribution is 5.77. The molecule has 5 heteroatoms. The fourth-order valence-corrected chi connectivity index (χ4v) is 4.43. The minimum absolute atomic E-state index is 0.521. The number of alkyl halides is 3. The van der Waals surface area contributed by atoms with Gasteiger partial charge in [0.2, 0.25) is 0 Å². The fourth-order valence-electron chi connectivity index (χ4n) is 4.43. The highest BCUT2D eigenvalue weighted by Crippen LogP contribution is 2.37. The molecule has 0 atom stereocenters. The van der Waals surface area contributed by atoms with Gasteiger partial charge >= 0.3 is 6.36 Å². The van der Waals surface area contributed by atoms with Crippen molar-refractivity contribution in [1.29, 1.82) is 0 Å². The largest absolute Gasteiger partial charge is 0.573 e. The van der Waals surface area contributed by atoms with Crippen LogP contribution < -0.4 is 4.74 Å². The molecule has 0 heterocycles. The van der Waals surface area contributed by atoms with Gasteiger partial charge in [0, 0.05) is 0 Å². The number of benzene rings is 3. The number of unbranched alkanes of at least 4 members (excludes halogenated alkanes) is 3. The van der Waals surface area contributed by atoms with Crippen molar-refractivity contribution in [2.24, 2.45) is 0 Å². The third kappa shape index (κ3) is 5.14. The summed E-state index contributed by atoms with van der Waals surface area (Å²) >= 11 is 0. The van der Waals surface area contributed by atoms with Gasteiger partial charge in [-0.1, -0.05) is 68.7 Å². The zero-order valence-electron chi connectivity index (χ0n) is 18.1. The van der Waals surface area contributed by atoms with E-state index in [1.54, 1.807) is 0 Å². The van der Waals surface area contributed by atoms with Crippen molar-refractivity contribution in [3.05, 3.63) is 77.1 Å². The van der Waals surface area contributed by atoms with Crippen molar-refractivity contribution in [2.75, 3.05) is 0 Å². The maximum Gasteiger partial charge on any atom is 0.573 e. The van der Waals surface area contributed by atoms with Gasteiger partial charge in [-0.3, -0.25) is 0 Å². The normalized spacial score (nSPS) is 12.9. The average Bonchev–Trinajstić information content (AvgIpc) is 2.76. The Morgan fingerprint density at radius 1 is 0.781 bits per heavy atom. The van der Waals surface area contributed by atoms with Crippen LogP contribution in [0.25, 0.3) is 22.3 Å². The molecule has 3 aromatic carbocycles. The number of fused-ring (bicyclic) bond motifs is 3. The van der Waals surface area contributed by atoms with Gasteiger partial charge in [-0.2, -0.15) is 0 Å². The second-order valence-electron chi connectivity index (χ2n) is 8.37. The van der Waals surface area contributed by atoms with E-state index >= 15 is 0 Å². The number of rotatable bonds is 7. The van der Waals surface area contributed by atoms with Gasteiger partial charge in [0.05, 0.1) is 0 Å². The lowest BCUT2D eigenvalue weighted by Crippen LogP contribution is -2.17. The van der Waals surface area contributed by atoms with Crippen LogP contribution in [0.1, 0.15) is 49.3 Å². The number of ether oxygens (including phenoxy) is 1. The molecule has 0 saturated heterocycles. The third-order valence-electron chi connectivity index (χ3n) is 6.04. The zero-order chi connectivity index (χ0) is 22.7. The molecule has 1 nitrogen and oxygen atoms in total. The van der Waals surface area contributed by atoms with Crippen molar-refractivity contribution in [2.45, 2.75) is 58.2 Å². The molecule has 0 radical (unpaired) electrons. The first-order chi connectivity index (χ1) is 15.3. The lowest BCUT2D eigenvalue weighted by atomic mass is 9.83. The standard InChI is InChI=1S/C27H26F4O/c1-2-3-4-5-6-18-7-12-23-21(15-18)8-9-22-16-19(10-13-24(22)23)20-11-14-26(25(28)17-20)32-27(29,30)31/h7,10-17H,2-6,8-9H2,1H3. The maximum atomic E-state index is 14.1. The third-order valence-corrected chi connectivity index (χ3v) is 6.04. The Balaban J connectivity index is 1.55. The Hall–Kier alpha value is -2.82. The molecule has 1 aliphatic rings. The first-order valence-electron chi connectivity index (χ1n) is 11.1. The van der Waals surface area contributed by atoms with Gasteiger partial charge in [0.15, 0.2) is 11.6 Å². The van der Waals surface area contributed by atoms with E-state index in [1.165, 1.54) is 59.6 Å². The Kier molecular flexibility index (Phi) is 6.54. The lowest BCUT2D eigenvalue weighted by molar-refractivity contribution is -0.275. The van der Waals surface area contributed by atoms with Gasteiger partial charge in [0.25, 0.3) is 0 Å². The van der Waals surface area contributed by atoms with Gasteiger partial charge in [0.1, 0.15) is 0 Å². The highest BCUT2D eigenvalue weighted by atomic mass is 19.4. The van der Waals surface area contributed by atoms with Crippen LogP contribution in [0.4, 0.5) is 17.6 Å². The molecule has 0 bridgehead atoms. The summed E-state index contributed by atoms with van der Waals surface area (Å²) in [6.45, 7) is 2.22. The minimum atomic E-state index is -4.92. The smallest absolute Gasteiger partial charge is 0.403 e. The first kappa shape index (κ1) is 22.4. The maximum absolute atomic E-state index is 14.1. The van der Waals surface area contributed by atoms with Crippen LogP contribution in [-0.2, 0) is 19.3 Å². The van der Waals surface area contributed by atoms with Gasteiger partial charge in [-0.25, -0.2) is 4.39 Å². The predicted octanol–water partition coefficient (Wildman–Crippen LogP) is 8.28. The molecule has 1 aliphatic carbocycles. The van der Waals surface area contributed by atoms with E-state index in [0.29, 0.717) is 5.56 Å². The van der Waals surface area contributed by atoms with Crippen molar-refractivity contribution >= 4 is 0 Å². The lowest BCUT2D eigenvalue weighted by Gasteiger charge is -2.22. The van der Waals surface area contributed by atoms with Gasteiger partial charge in [-0.15, -0.1) is 13.2 Å². The number of halogens is 4. The topological polar surface area (TPSA) is 9.23 Å². The fraction of sp³-hybridized carbons (Fsp3) is 0.333. The Labute approximate surface area is 186 Å². The summed E-state index contributed by atoms with van der Waals surface area (Å²) in [7, 11) is 0. The molecular weight excluding hydrogens is 416 g/mol. The molecule has 0 fully saturated rings. The summed E-state index contributed by atoms with van der Waals surface area (Å²) < 4.78 is 55.0. The van der Waals surface area contributed by atoms with E-state index in [0.717, 1.165) is 37.0 Å². The monoisotopic (exact) mass is 442 g/mol. The van der Waals surface area contributed by atoms with E-state index in [1.807, 2.05) is 18.2 Å². The van der Waals surface area contributed by atoms with E-state index in [9.17, 15) is 17.6 Å². The first-order valence-corrected chi connectivity index (χ1v) is 11.1. The van der Waals surface area contributed by atoms with Crippen molar-refractivity contribution in [1.82, 2.24) is 0 Å². The number of hydrogen-bond acceptors (Lipinski definition) is 1. The van der Waals surface area contributed by atoms with Crippen molar-refractivity contribution in [3.63, 3.8) is 0 Å². The molecule has 0 amide bonds. The van der Waals surface area contributed by atoms with Crippen LogP contribution in [0, 0.1) is 5.82 Å². The van der Waals surface area contributed by atoms with Crippen LogP contribution >= 0.6 is 0 Å². The second-order valence-corrected chi connectivity index (χ2v) is 8.37. The summed E-state index contributed by atoms with van der Waals surface area (Å²) in [4.78, 5) is 0. The summed E-state index contributed by atoms with van der Waals surface area (Å²) in [5, 5.41) is 0. The van der Waals surface area contributed by atoms with Crippen LogP contribution in [0.5, 0.6) is 5.75 Å². The summed E-state index contributed by atoms with van der Waals surface area (Å²) in [6.07, 6.45) is 3.02. The van der Waals surface area contributed by atoms with Crippen LogP contribution in [0.2, 0.25) is 0 Å². The van der Waals surface area contributed by atoms with Crippen LogP contribution in [0.15, 0.2) is 54.6 Å². The summed E-state index contributed by atoms with van der Waals surface area (Å²) in [5.74, 6) is -1.85. The zero-order valence-corrected chi connectivity index (χ0v) is 18.1. The minimum Gasteiger partial charge on any atom is -0.403 e. The van der Waals surface area contributed by atoms with E-state index in [4.69, 9.17) is 0 Å². The molecule has 0 saturated carbocycles. The van der Waals surface area contributed by atoms with Gasteiger partial charge in [-0.05, 0) is 76.8 Å². The molecule has 3 aromatic rings. The van der Waals surface area contributed by atoms with Gasteiger partial charge < -0.3 is 4.74 Å².